The molecule has 4 rings (SSSR count). The number of aromatic nitrogens is 4. The van der Waals surface area contributed by atoms with Gasteiger partial charge in [0, 0.05) is 23.7 Å². The highest BCUT2D eigenvalue weighted by Crippen LogP contribution is 2.28. The Morgan fingerprint density at radius 3 is 2.83 bits per heavy atom. The van der Waals surface area contributed by atoms with Gasteiger partial charge in [-0.05, 0) is 25.7 Å². The number of aryl methyl sites for hydroxylation is 3. The Hall–Kier alpha value is -2.00. The number of imidazole rings is 1. The molecule has 0 fully saturated rings. The van der Waals surface area contributed by atoms with Gasteiger partial charge in [-0.1, -0.05) is 0 Å². The Kier molecular flexibility index (Phi) is 3.57. The number of rotatable bonds is 3. The highest BCUT2D eigenvalue weighted by Gasteiger charge is 2.23. The van der Waals surface area contributed by atoms with Gasteiger partial charge in [-0.3, -0.25) is 9.20 Å². The molecule has 3 aromatic rings. The van der Waals surface area contributed by atoms with Crippen LogP contribution in [0.4, 0.5) is 0 Å². The molecule has 126 valence electrons. The molecule has 7 nitrogen and oxygen atoms in total. The quantitative estimate of drug-likeness (QED) is 0.700. The Labute approximate surface area is 142 Å². The van der Waals surface area contributed by atoms with Gasteiger partial charge in [-0.2, -0.15) is 0 Å². The molecule has 0 atom stereocenters. The number of hydrogen-bond donors (Lipinski definition) is 0. The number of hydrogen-bond acceptors (Lipinski definition) is 6. The maximum atomic E-state index is 12.5. The van der Waals surface area contributed by atoms with E-state index in [0.717, 1.165) is 31.4 Å². The van der Waals surface area contributed by atoms with Crippen LogP contribution in [0.25, 0.3) is 4.96 Å². The van der Waals surface area contributed by atoms with Gasteiger partial charge in [0.15, 0.2) is 9.99 Å². The molecule has 3 heterocycles. The topological polar surface area (TPSA) is 86.3 Å². The van der Waals surface area contributed by atoms with E-state index in [9.17, 15) is 13.2 Å². The molecule has 0 radical (unpaired) electrons. The van der Waals surface area contributed by atoms with Crippen molar-refractivity contribution in [1.82, 2.24) is 18.9 Å². The second-order valence-electron chi connectivity index (χ2n) is 5.98. The summed E-state index contributed by atoms with van der Waals surface area (Å²) >= 11 is 1.49. The van der Waals surface area contributed by atoms with Gasteiger partial charge in [0.1, 0.15) is 0 Å². The zero-order valence-corrected chi connectivity index (χ0v) is 14.7. The third-order valence-electron chi connectivity index (χ3n) is 4.24. The van der Waals surface area contributed by atoms with E-state index < -0.39 is 9.84 Å². The largest absolute Gasteiger partial charge is 0.325 e. The van der Waals surface area contributed by atoms with E-state index in [-0.39, 0.29) is 22.0 Å². The van der Waals surface area contributed by atoms with Crippen molar-refractivity contribution in [3.8, 4) is 0 Å². The molecule has 0 spiro atoms. The molecule has 3 aromatic heterocycles. The van der Waals surface area contributed by atoms with Crippen LogP contribution in [0, 0.1) is 0 Å². The van der Waals surface area contributed by atoms with Crippen LogP contribution in [0.1, 0.15) is 29.1 Å². The Morgan fingerprint density at radius 2 is 2.08 bits per heavy atom. The van der Waals surface area contributed by atoms with Gasteiger partial charge >= 0.3 is 0 Å². The van der Waals surface area contributed by atoms with Crippen LogP contribution in [-0.4, -0.2) is 27.4 Å². The van der Waals surface area contributed by atoms with Crippen molar-refractivity contribution in [2.75, 3.05) is 0 Å². The van der Waals surface area contributed by atoms with E-state index in [0.29, 0.717) is 4.96 Å². The van der Waals surface area contributed by atoms with Crippen LogP contribution in [0.15, 0.2) is 28.4 Å². The molecule has 0 bridgehead atoms. The van der Waals surface area contributed by atoms with Crippen molar-refractivity contribution in [1.29, 1.82) is 0 Å². The first kappa shape index (κ1) is 15.5. The lowest BCUT2D eigenvalue weighted by Crippen LogP contribution is -2.19. The molecule has 0 aromatic carbocycles. The average Bonchev–Trinajstić information content (AvgIpc) is 3.10. The normalized spacial score (nSPS) is 14.9. The van der Waals surface area contributed by atoms with Crippen LogP contribution >= 0.6 is 11.3 Å². The molecule has 9 heteroatoms. The van der Waals surface area contributed by atoms with Gasteiger partial charge in [0.05, 0.1) is 24.0 Å². The van der Waals surface area contributed by atoms with Gasteiger partial charge < -0.3 is 4.57 Å². The molecule has 24 heavy (non-hydrogen) atoms. The van der Waals surface area contributed by atoms with Crippen LogP contribution in [-0.2, 0) is 35.5 Å². The van der Waals surface area contributed by atoms with Gasteiger partial charge in [0.2, 0.25) is 9.84 Å². The summed E-state index contributed by atoms with van der Waals surface area (Å²) in [5.41, 5.74) is 1.12. The first-order chi connectivity index (χ1) is 11.5. The van der Waals surface area contributed by atoms with Crippen molar-refractivity contribution in [2.24, 2.45) is 7.05 Å². The lowest BCUT2D eigenvalue weighted by atomic mass is 10.0. The first-order valence-electron chi connectivity index (χ1n) is 7.68. The molecule has 0 amide bonds. The predicted octanol–water partition coefficient (Wildman–Crippen LogP) is 1.34. The third kappa shape index (κ3) is 2.48. The minimum absolute atomic E-state index is 0.120. The van der Waals surface area contributed by atoms with E-state index in [1.807, 2.05) is 0 Å². The van der Waals surface area contributed by atoms with E-state index in [1.54, 1.807) is 11.4 Å². The summed E-state index contributed by atoms with van der Waals surface area (Å²) in [6, 6.07) is 1.34. The average molecular weight is 364 g/mol. The molecule has 0 saturated heterocycles. The summed E-state index contributed by atoms with van der Waals surface area (Å²) in [7, 11) is -1.97. The maximum absolute atomic E-state index is 12.5. The Bertz CT molecular complexity index is 1090. The molecular formula is C15H16N4O3S2. The summed E-state index contributed by atoms with van der Waals surface area (Å²) in [5, 5.41) is 0.120. The van der Waals surface area contributed by atoms with Crippen LogP contribution in [0.5, 0.6) is 0 Å². The molecule has 0 unspecified atom stereocenters. The fraction of sp³-hybridized carbons (Fsp3) is 0.400. The number of thiazole rings is 1. The van der Waals surface area contributed by atoms with Crippen molar-refractivity contribution < 1.29 is 8.42 Å². The summed E-state index contributed by atoms with van der Waals surface area (Å²) in [4.78, 5) is 22.5. The third-order valence-corrected chi connectivity index (χ3v) is 7.09. The number of nitrogens with zero attached hydrogens (tertiary/aromatic N) is 4. The lowest BCUT2D eigenvalue weighted by molar-refractivity contribution is 0.584. The van der Waals surface area contributed by atoms with Crippen LogP contribution in [0.2, 0.25) is 0 Å². The Morgan fingerprint density at radius 1 is 1.29 bits per heavy atom. The first-order valence-corrected chi connectivity index (χ1v) is 10.1. The standard InChI is InChI=1S/C15H16N4O3S2/c1-18-9-16-7-14(18)24(21,22)8-10-6-13(20)19-11-4-2-3-5-12(11)23-15(19)17-10/h6-7,9H,2-5,8H2,1H3. The molecule has 0 saturated carbocycles. The highest BCUT2D eigenvalue weighted by atomic mass is 32.2. The minimum Gasteiger partial charge on any atom is -0.325 e. The predicted molar refractivity (Wildman–Crippen MR) is 90.1 cm³/mol. The maximum Gasteiger partial charge on any atom is 0.259 e. The van der Waals surface area contributed by atoms with Gasteiger partial charge in [-0.15, -0.1) is 11.3 Å². The van der Waals surface area contributed by atoms with Crippen molar-refractivity contribution in [3.63, 3.8) is 0 Å². The van der Waals surface area contributed by atoms with Gasteiger partial charge in [-0.25, -0.2) is 18.4 Å². The monoisotopic (exact) mass is 364 g/mol. The molecule has 0 aliphatic heterocycles. The fourth-order valence-electron chi connectivity index (χ4n) is 3.13. The van der Waals surface area contributed by atoms with E-state index >= 15 is 0 Å². The van der Waals surface area contributed by atoms with Crippen molar-refractivity contribution in [3.05, 3.63) is 45.2 Å². The Balaban J connectivity index is 1.79. The number of fused-ring (bicyclic) bond motifs is 3. The van der Waals surface area contributed by atoms with E-state index in [2.05, 4.69) is 9.97 Å². The van der Waals surface area contributed by atoms with E-state index in [4.69, 9.17) is 0 Å². The highest BCUT2D eigenvalue weighted by molar-refractivity contribution is 7.90. The summed E-state index contributed by atoms with van der Waals surface area (Å²) in [6.07, 6.45) is 6.78. The number of sulfone groups is 1. The lowest BCUT2D eigenvalue weighted by Gasteiger charge is -2.10. The zero-order valence-electron chi connectivity index (χ0n) is 13.1. The summed E-state index contributed by atoms with van der Waals surface area (Å²) < 4.78 is 28.1. The van der Waals surface area contributed by atoms with Crippen LogP contribution < -0.4 is 5.56 Å². The summed E-state index contributed by atoms with van der Waals surface area (Å²) in [6.45, 7) is 0. The zero-order chi connectivity index (χ0) is 16.9. The van der Waals surface area contributed by atoms with Crippen molar-refractivity contribution in [2.45, 2.75) is 36.5 Å². The summed E-state index contributed by atoms with van der Waals surface area (Å²) in [5.74, 6) is -0.305. The molecule has 1 aliphatic carbocycles. The minimum atomic E-state index is -3.59. The van der Waals surface area contributed by atoms with Crippen molar-refractivity contribution >= 4 is 26.1 Å². The smallest absolute Gasteiger partial charge is 0.259 e. The fourth-order valence-corrected chi connectivity index (χ4v) is 5.75. The molecule has 1 aliphatic rings. The van der Waals surface area contributed by atoms with E-state index in [1.165, 1.54) is 39.4 Å². The van der Waals surface area contributed by atoms with Gasteiger partial charge in [0.25, 0.3) is 5.56 Å². The second-order valence-corrected chi connectivity index (χ2v) is 8.98. The van der Waals surface area contributed by atoms with Crippen LogP contribution in [0.3, 0.4) is 0 Å². The molecule has 0 N–H and O–H groups in total. The molecular weight excluding hydrogens is 348 g/mol. The SMILES string of the molecule is Cn1cncc1S(=O)(=O)Cc1cc(=O)n2c3c(sc2n1)CCCC3. The second kappa shape index (κ2) is 5.52.